The van der Waals surface area contributed by atoms with E-state index >= 15 is 0 Å². The van der Waals surface area contributed by atoms with E-state index in [-0.39, 0.29) is 17.5 Å². The van der Waals surface area contributed by atoms with Crippen molar-refractivity contribution in [2.45, 2.75) is 6.92 Å². The summed E-state index contributed by atoms with van der Waals surface area (Å²) in [5.41, 5.74) is 2.72. The summed E-state index contributed by atoms with van der Waals surface area (Å²) in [6, 6.07) is 18.7. The molecule has 1 N–H and O–H groups in total. The van der Waals surface area contributed by atoms with E-state index in [1.54, 1.807) is 66.7 Å². The van der Waals surface area contributed by atoms with Crippen molar-refractivity contribution in [1.82, 2.24) is 0 Å². The first-order chi connectivity index (χ1) is 13.9. The number of aryl methyl sites for hydroxylation is 1. The van der Waals surface area contributed by atoms with Gasteiger partial charge < -0.3 is 9.73 Å². The van der Waals surface area contributed by atoms with Crippen molar-refractivity contribution in [3.63, 3.8) is 0 Å². The molecule has 29 heavy (non-hydrogen) atoms. The van der Waals surface area contributed by atoms with Crippen molar-refractivity contribution in [3.05, 3.63) is 99.2 Å². The number of anilines is 1. The maximum Gasteiger partial charge on any atom is 0.257 e. The van der Waals surface area contributed by atoms with Crippen LogP contribution >= 0.6 is 23.2 Å². The van der Waals surface area contributed by atoms with Gasteiger partial charge in [0.1, 0.15) is 5.58 Å². The van der Waals surface area contributed by atoms with Crippen LogP contribution in [0.2, 0.25) is 10.0 Å². The molecular weight excluding hydrogens is 409 g/mol. The number of hydrogen-bond donors (Lipinski definition) is 1. The highest BCUT2D eigenvalue weighted by molar-refractivity contribution is 6.34. The number of carbonyl (C=O) groups is 2. The van der Waals surface area contributed by atoms with E-state index in [1.165, 1.54) is 0 Å². The Labute approximate surface area is 177 Å². The Bertz CT molecular complexity index is 1240. The van der Waals surface area contributed by atoms with Gasteiger partial charge in [0.25, 0.3) is 5.91 Å². The van der Waals surface area contributed by atoms with Crippen molar-refractivity contribution < 1.29 is 14.0 Å². The van der Waals surface area contributed by atoms with Gasteiger partial charge in [0.15, 0.2) is 5.76 Å². The second kappa shape index (κ2) is 7.74. The SMILES string of the molecule is Cc1c(C(=O)c2ccc(Cl)cc2)oc2ccc(NC(=O)c3ccccc3Cl)cc12. The zero-order valence-corrected chi connectivity index (χ0v) is 16.8. The van der Waals surface area contributed by atoms with Gasteiger partial charge >= 0.3 is 0 Å². The van der Waals surface area contributed by atoms with Crippen molar-refractivity contribution in [3.8, 4) is 0 Å². The van der Waals surface area contributed by atoms with Crippen LogP contribution in [0.15, 0.2) is 71.1 Å². The maximum atomic E-state index is 12.8. The summed E-state index contributed by atoms with van der Waals surface area (Å²) < 4.78 is 5.79. The van der Waals surface area contributed by atoms with E-state index in [1.807, 2.05) is 6.92 Å². The third-order valence-electron chi connectivity index (χ3n) is 4.63. The van der Waals surface area contributed by atoms with E-state index in [2.05, 4.69) is 5.32 Å². The Hall–Kier alpha value is -3.08. The van der Waals surface area contributed by atoms with Crippen LogP contribution in [0.3, 0.4) is 0 Å². The van der Waals surface area contributed by atoms with Crippen LogP contribution in [0.4, 0.5) is 5.69 Å². The van der Waals surface area contributed by atoms with Gasteiger partial charge in [-0.1, -0.05) is 35.3 Å². The van der Waals surface area contributed by atoms with Crippen LogP contribution < -0.4 is 5.32 Å². The highest BCUT2D eigenvalue weighted by atomic mass is 35.5. The van der Waals surface area contributed by atoms with Gasteiger partial charge in [0, 0.05) is 27.2 Å². The molecule has 4 aromatic rings. The van der Waals surface area contributed by atoms with E-state index < -0.39 is 0 Å². The van der Waals surface area contributed by atoms with Crippen LogP contribution in [0.25, 0.3) is 11.0 Å². The summed E-state index contributed by atoms with van der Waals surface area (Å²) in [4.78, 5) is 25.3. The summed E-state index contributed by atoms with van der Waals surface area (Å²) in [5, 5.41) is 4.51. The van der Waals surface area contributed by atoms with E-state index in [4.69, 9.17) is 27.6 Å². The number of hydrogen-bond acceptors (Lipinski definition) is 3. The molecule has 0 bridgehead atoms. The Kier molecular flexibility index (Phi) is 5.14. The number of halogens is 2. The first kappa shape index (κ1) is 19.2. The van der Waals surface area contributed by atoms with Gasteiger partial charge in [0.05, 0.1) is 10.6 Å². The van der Waals surface area contributed by atoms with Gasteiger partial charge in [-0.2, -0.15) is 0 Å². The summed E-state index contributed by atoms with van der Waals surface area (Å²) in [6.45, 7) is 1.81. The highest BCUT2D eigenvalue weighted by Gasteiger charge is 2.20. The minimum atomic E-state index is -0.312. The lowest BCUT2D eigenvalue weighted by atomic mass is 10.0. The molecule has 0 spiro atoms. The van der Waals surface area contributed by atoms with E-state index in [0.717, 1.165) is 5.39 Å². The molecular formula is C23H15Cl2NO3. The molecule has 0 fully saturated rings. The lowest BCUT2D eigenvalue weighted by molar-refractivity contribution is 0.101. The smallest absolute Gasteiger partial charge is 0.257 e. The Morgan fingerprint density at radius 1 is 0.931 bits per heavy atom. The van der Waals surface area contributed by atoms with Crippen molar-refractivity contribution in [1.29, 1.82) is 0 Å². The van der Waals surface area contributed by atoms with Crippen molar-refractivity contribution >= 4 is 51.5 Å². The maximum absolute atomic E-state index is 12.8. The Morgan fingerprint density at radius 2 is 1.66 bits per heavy atom. The lowest BCUT2D eigenvalue weighted by Crippen LogP contribution is -2.12. The third kappa shape index (κ3) is 3.77. The molecule has 0 unspecified atom stereocenters. The quantitative estimate of drug-likeness (QED) is 0.379. The summed E-state index contributed by atoms with van der Waals surface area (Å²) in [7, 11) is 0. The fraction of sp³-hybridized carbons (Fsp3) is 0.0435. The topological polar surface area (TPSA) is 59.3 Å². The molecule has 4 rings (SSSR count). The van der Waals surface area contributed by atoms with Crippen LogP contribution in [-0.4, -0.2) is 11.7 Å². The molecule has 1 aromatic heterocycles. The zero-order chi connectivity index (χ0) is 20.5. The lowest BCUT2D eigenvalue weighted by Gasteiger charge is -2.06. The fourth-order valence-corrected chi connectivity index (χ4v) is 3.44. The molecule has 1 heterocycles. The molecule has 0 aliphatic carbocycles. The number of benzene rings is 3. The summed E-state index contributed by atoms with van der Waals surface area (Å²) in [6.07, 6.45) is 0. The van der Waals surface area contributed by atoms with Gasteiger partial charge in [0.2, 0.25) is 5.78 Å². The van der Waals surface area contributed by atoms with Gasteiger partial charge in [-0.05, 0) is 61.5 Å². The fourth-order valence-electron chi connectivity index (χ4n) is 3.09. The molecule has 0 saturated carbocycles. The number of rotatable bonds is 4. The second-order valence-corrected chi connectivity index (χ2v) is 7.38. The summed E-state index contributed by atoms with van der Waals surface area (Å²) in [5.74, 6) is -0.275. The minimum absolute atomic E-state index is 0.225. The van der Waals surface area contributed by atoms with Crippen LogP contribution in [0.5, 0.6) is 0 Å². The minimum Gasteiger partial charge on any atom is -0.452 e. The Morgan fingerprint density at radius 3 is 2.38 bits per heavy atom. The molecule has 0 aliphatic heterocycles. The average Bonchev–Trinajstić information content (AvgIpc) is 3.04. The molecule has 144 valence electrons. The van der Waals surface area contributed by atoms with Crippen LogP contribution in [-0.2, 0) is 0 Å². The Balaban J connectivity index is 1.65. The number of nitrogens with one attached hydrogen (secondary N) is 1. The number of carbonyl (C=O) groups excluding carboxylic acids is 2. The molecule has 1 amide bonds. The monoisotopic (exact) mass is 423 g/mol. The van der Waals surface area contributed by atoms with Gasteiger partial charge in [-0.15, -0.1) is 0 Å². The number of amides is 1. The number of fused-ring (bicyclic) bond motifs is 1. The first-order valence-electron chi connectivity index (χ1n) is 8.83. The zero-order valence-electron chi connectivity index (χ0n) is 15.3. The molecule has 4 nitrogen and oxygen atoms in total. The van der Waals surface area contributed by atoms with E-state index in [0.29, 0.717) is 38.0 Å². The predicted octanol–water partition coefficient (Wildman–Crippen LogP) is 6.53. The average molecular weight is 424 g/mol. The molecule has 0 aliphatic rings. The van der Waals surface area contributed by atoms with Gasteiger partial charge in [-0.25, -0.2) is 0 Å². The molecule has 0 atom stereocenters. The first-order valence-corrected chi connectivity index (χ1v) is 9.59. The summed E-state index contributed by atoms with van der Waals surface area (Å²) >= 11 is 12.0. The number of furan rings is 1. The molecule has 0 saturated heterocycles. The normalized spacial score (nSPS) is 10.9. The van der Waals surface area contributed by atoms with Crippen LogP contribution in [0.1, 0.15) is 32.0 Å². The predicted molar refractivity (Wildman–Crippen MR) is 115 cm³/mol. The van der Waals surface area contributed by atoms with Crippen molar-refractivity contribution in [2.75, 3.05) is 5.32 Å². The van der Waals surface area contributed by atoms with E-state index in [9.17, 15) is 9.59 Å². The largest absolute Gasteiger partial charge is 0.452 e. The highest BCUT2D eigenvalue weighted by Crippen LogP contribution is 2.30. The van der Waals surface area contributed by atoms with Crippen molar-refractivity contribution in [2.24, 2.45) is 0 Å². The standard InChI is InChI=1S/C23H15Cl2NO3/c1-13-18-12-16(26-23(28)17-4-2-3-5-19(17)25)10-11-20(18)29-22(13)21(27)14-6-8-15(24)9-7-14/h2-12H,1H3,(H,26,28). The molecule has 6 heteroatoms. The second-order valence-electron chi connectivity index (χ2n) is 6.54. The third-order valence-corrected chi connectivity index (χ3v) is 5.21. The number of ketones is 1. The molecule has 0 radical (unpaired) electrons. The van der Waals surface area contributed by atoms with Crippen LogP contribution in [0, 0.1) is 6.92 Å². The van der Waals surface area contributed by atoms with Gasteiger partial charge in [-0.3, -0.25) is 9.59 Å². The molecule has 3 aromatic carbocycles.